The van der Waals surface area contributed by atoms with Crippen molar-refractivity contribution in [3.8, 4) is 5.75 Å². The average molecular weight is 417 g/mol. The molecule has 29 heavy (non-hydrogen) atoms. The van der Waals surface area contributed by atoms with Crippen LogP contribution in [0.5, 0.6) is 5.75 Å². The number of benzene rings is 2. The van der Waals surface area contributed by atoms with Crippen molar-refractivity contribution in [1.82, 2.24) is 10.2 Å². The second-order valence-corrected chi connectivity index (χ2v) is 9.83. The average Bonchev–Trinajstić information content (AvgIpc) is 2.68. The molecule has 1 atom stereocenters. The summed E-state index contributed by atoms with van der Waals surface area (Å²) in [5.74, 6) is 0.477. The van der Waals surface area contributed by atoms with E-state index in [0.717, 1.165) is 18.4 Å². The van der Waals surface area contributed by atoms with Crippen molar-refractivity contribution >= 4 is 15.9 Å². The molecule has 7 heteroatoms. The predicted molar refractivity (Wildman–Crippen MR) is 113 cm³/mol. The highest BCUT2D eigenvalue weighted by molar-refractivity contribution is 7.91. The lowest BCUT2D eigenvalue weighted by atomic mass is 9.89. The SMILES string of the molecule is Cc1ccc(S(=O)(=O)CC(C)NC(=O)N2CCC(c3ccc(O)cc3)CC2)cc1. The van der Waals surface area contributed by atoms with E-state index in [1.54, 1.807) is 48.2 Å². The minimum absolute atomic E-state index is 0.133. The Kier molecular flexibility index (Phi) is 6.47. The molecule has 2 N–H and O–H groups in total. The molecule has 2 aromatic rings. The molecule has 0 bridgehead atoms. The molecule has 2 aromatic carbocycles. The number of nitrogens with zero attached hydrogens (tertiary/aromatic N) is 1. The number of amides is 2. The van der Waals surface area contributed by atoms with Gasteiger partial charge in [0.1, 0.15) is 5.75 Å². The van der Waals surface area contributed by atoms with Gasteiger partial charge in [0.05, 0.1) is 10.6 Å². The number of aryl methyl sites for hydroxylation is 1. The quantitative estimate of drug-likeness (QED) is 0.782. The molecule has 1 aliphatic rings. The van der Waals surface area contributed by atoms with Crippen LogP contribution in [0.3, 0.4) is 0 Å². The van der Waals surface area contributed by atoms with Crippen molar-refractivity contribution in [3.63, 3.8) is 0 Å². The summed E-state index contributed by atoms with van der Waals surface area (Å²) < 4.78 is 25.1. The van der Waals surface area contributed by atoms with Crippen LogP contribution in [-0.4, -0.2) is 49.3 Å². The lowest BCUT2D eigenvalue weighted by Gasteiger charge is -2.33. The third-order valence-electron chi connectivity index (χ3n) is 5.37. The molecule has 0 saturated carbocycles. The topological polar surface area (TPSA) is 86.7 Å². The second-order valence-electron chi connectivity index (χ2n) is 7.80. The number of phenolic OH excluding ortho intramolecular Hbond substituents is 1. The van der Waals surface area contributed by atoms with Crippen LogP contribution in [0.4, 0.5) is 4.79 Å². The zero-order valence-corrected chi connectivity index (χ0v) is 17.7. The summed E-state index contributed by atoms with van der Waals surface area (Å²) in [4.78, 5) is 14.6. The number of piperidine rings is 1. The summed E-state index contributed by atoms with van der Waals surface area (Å²) in [6.45, 7) is 4.86. The lowest BCUT2D eigenvalue weighted by Crippen LogP contribution is -2.48. The summed E-state index contributed by atoms with van der Waals surface area (Å²) >= 11 is 0. The van der Waals surface area contributed by atoms with Gasteiger partial charge < -0.3 is 15.3 Å². The summed E-state index contributed by atoms with van der Waals surface area (Å²) in [6, 6.07) is 13.3. The first kappa shape index (κ1) is 21.2. The Morgan fingerprint density at radius 2 is 1.69 bits per heavy atom. The maximum absolute atomic E-state index is 12.6. The number of carbonyl (C=O) groups excluding carboxylic acids is 1. The van der Waals surface area contributed by atoms with Gasteiger partial charge in [-0.1, -0.05) is 29.8 Å². The Balaban J connectivity index is 1.51. The van der Waals surface area contributed by atoms with E-state index in [-0.39, 0.29) is 22.4 Å². The molecule has 6 nitrogen and oxygen atoms in total. The van der Waals surface area contributed by atoms with Gasteiger partial charge in [0.25, 0.3) is 0 Å². The van der Waals surface area contributed by atoms with Gasteiger partial charge in [-0.2, -0.15) is 0 Å². The Labute approximate surface area is 172 Å². The van der Waals surface area contributed by atoms with E-state index in [2.05, 4.69) is 5.32 Å². The van der Waals surface area contributed by atoms with Crippen molar-refractivity contribution in [1.29, 1.82) is 0 Å². The monoisotopic (exact) mass is 416 g/mol. The minimum Gasteiger partial charge on any atom is -0.508 e. The number of urea groups is 1. The molecule has 3 rings (SSSR count). The van der Waals surface area contributed by atoms with Gasteiger partial charge in [-0.3, -0.25) is 0 Å². The van der Waals surface area contributed by atoms with Crippen molar-refractivity contribution in [2.45, 2.75) is 43.5 Å². The standard InChI is InChI=1S/C22H28N2O4S/c1-16-3-9-21(10-4-16)29(27,28)15-17(2)23-22(26)24-13-11-19(12-14-24)18-5-7-20(25)8-6-18/h3-10,17,19,25H,11-15H2,1-2H3,(H,23,26). The van der Waals surface area contributed by atoms with Gasteiger partial charge in [-0.15, -0.1) is 0 Å². The number of rotatable bonds is 5. The molecule has 1 unspecified atom stereocenters. The molecule has 0 radical (unpaired) electrons. The molecule has 1 aliphatic heterocycles. The summed E-state index contributed by atoms with van der Waals surface area (Å²) in [6.07, 6.45) is 1.68. The fourth-order valence-corrected chi connectivity index (χ4v) is 5.16. The fraction of sp³-hybridized carbons (Fsp3) is 0.409. The van der Waals surface area contributed by atoms with Crippen LogP contribution in [0.15, 0.2) is 53.4 Å². The molecular weight excluding hydrogens is 388 g/mol. The molecule has 0 spiro atoms. The number of hydrogen-bond donors (Lipinski definition) is 2. The number of carbonyl (C=O) groups is 1. The summed E-state index contributed by atoms with van der Waals surface area (Å²) in [7, 11) is -3.45. The highest BCUT2D eigenvalue weighted by atomic mass is 32.2. The fourth-order valence-electron chi connectivity index (χ4n) is 3.68. The first-order valence-electron chi connectivity index (χ1n) is 9.88. The highest BCUT2D eigenvalue weighted by Crippen LogP contribution is 2.29. The van der Waals surface area contributed by atoms with Crippen molar-refractivity contribution in [2.75, 3.05) is 18.8 Å². The van der Waals surface area contributed by atoms with Gasteiger partial charge >= 0.3 is 6.03 Å². The summed E-state index contributed by atoms with van der Waals surface area (Å²) in [5.41, 5.74) is 2.17. The minimum atomic E-state index is -3.45. The van der Waals surface area contributed by atoms with Crippen LogP contribution in [0, 0.1) is 6.92 Å². The van der Waals surface area contributed by atoms with E-state index >= 15 is 0 Å². The van der Waals surface area contributed by atoms with Crippen LogP contribution in [0.1, 0.15) is 36.8 Å². The third kappa shape index (κ3) is 5.50. The zero-order chi connectivity index (χ0) is 21.0. The lowest BCUT2D eigenvalue weighted by molar-refractivity contribution is 0.179. The van der Waals surface area contributed by atoms with E-state index in [9.17, 15) is 18.3 Å². The second kappa shape index (κ2) is 8.86. The van der Waals surface area contributed by atoms with Gasteiger partial charge in [0.15, 0.2) is 9.84 Å². The van der Waals surface area contributed by atoms with E-state index in [1.165, 1.54) is 5.56 Å². The van der Waals surface area contributed by atoms with Crippen LogP contribution >= 0.6 is 0 Å². The van der Waals surface area contributed by atoms with E-state index in [0.29, 0.717) is 19.0 Å². The molecule has 1 saturated heterocycles. The van der Waals surface area contributed by atoms with E-state index < -0.39 is 15.9 Å². The molecule has 1 fully saturated rings. The number of phenols is 1. The van der Waals surface area contributed by atoms with Crippen molar-refractivity contribution < 1.29 is 18.3 Å². The van der Waals surface area contributed by atoms with Crippen LogP contribution in [0.2, 0.25) is 0 Å². The van der Waals surface area contributed by atoms with Gasteiger partial charge in [0, 0.05) is 19.1 Å². The molecule has 156 valence electrons. The molecule has 1 heterocycles. The molecule has 0 aromatic heterocycles. The normalized spacial score (nSPS) is 16.4. The van der Waals surface area contributed by atoms with E-state index in [4.69, 9.17) is 0 Å². The van der Waals surface area contributed by atoms with Gasteiger partial charge in [-0.05, 0) is 62.4 Å². The number of aromatic hydroxyl groups is 1. The number of nitrogens with one attached hydrogen (secondary N) is 1. The van der Waals surface area contributed by atoms with Crippen LogP contribution in [-0.2, 0) is 9.84 Å². The van der Waals surface area contributed by atoms with Gasteiger partial charge in [0.2, 0.25) is 0 Å². The first-order valence-corrected chi connectivity index (χ1v) is 11.5. The number of likely N-dealkylation sites (tertiary alicyclic amines) is 1. The molecular formula is C22H28N2O4S. The highest BCUT2D eigenvalue weighted by Gasteiger charge is 2.26. The molecule has 2 amide bonds. The third-order valence-corrected chi connectivity index (χ3v) is 7.30. The Bertz CT molecular complexity index is 932. The van der Waals surface area contributed by atoms with Crippen molar-refractivity contribution in [3.05, 3.63) is 59.7 Å². The van der Waals surface area contributed by atoms with Crippen LogP contribution in [0.25, 0.3) is 0 Å². The first-order chi connectivity index (χ1) is 13.7. The Hall–Kier alpha value is -2.54. The van der Waals surface area contributed by atoms with Crippen molar-refractivity contribution in [2.24, 2.45) is 0 Å². The maximum Gasteiger partial charge on any atom is 0.317 e. The Morgan fingerprint density at radius 3 is 2.28 bits per heavy atom. The number of hydrogen-bond acceptors (Lipinski definition) is 4. The Morgan fingerprint density at radius 1 is 1.10 bits per heavy atom. The number of sulfone groups is 1. The maximum atomic E-state index is 12.6. The smallest absolute Gasteiger partial charge is 0.317 e. The largest absolute Gasteiger partial charge is 0.508 e. The molecule has 0 aliphatic carbocycles. The predicted octanol–water partition coefficient (Wildman–Crippen LogP) is 3.45. The van der Waals surface area contributed by atoms with Gasteiger partial charge in [-0.25, -0.2) is 13.2 Å². The zero-order valence-electron chi connectivity index (χ0n) is 16.8. The summed E-state index contributed by atoms with van der Waals surface area (Å²) in [5, 5.41) is 12.2. The van der Waals surface area contributed by atoms with Crippen LogP contribution < -0.4 is 5.32 Å². The van der Waals surface area contributed by atoms with E-state index in [1.807, 2.05) is 19.1 Å².